The molecular formula is C17H21NO2. The van der Waals surface area contributed by atoms with Crippen molar-refractivity contribution in [2.24, 2.45) is 5.73 Å². The maximum absolute atomic E-state index is 6.11. The first kappa shape index (κ1) is 14.4. The minimum atomic E-state index is 0.0616. The van der Waals surface area contributed by atoms with Gasteiger partial charge in [-0.1, -0.05) is 25.1 Å². The summed E-state index contributed by atoms with van der Waals surface area (Å²) in [5.74, 6) is 1.64. The molecule has 0 aliphatic heterocycles. The van der Waals surface area contributed by atoms with E-state index in [9.17, 15) is 0 Å². The number of ether oxygens (including phenoxy) is 2. The van der Waals surface area contributed by atoms with E-state index in [0.29, 0.717) is 0 Å². The van der Waals surface area contributed by atoms with Gasteiger partial charge in [0.25, 0.3) is 0 Å². The summed E-state index contributed by atoms with van der Waals surface area (Å²) in [7, 11) is 3.34. The maximum Gasteiger partial charge on any atom is 0.126 e. The number of benzene rings is 2. The fourth-order valence-corrected chi connectivity index (χ4v) is 2.21. The summed E-state index contributed by atoms with van der Waals surface area (Å²) in [5, 5.41) is 0. The largest absolute Gasteiger partial charge is 0.497 e. The average Bonchev–Trinajstić information content (AvgIpc) is 2.53. The third kappa shape index (κ3) is 2.94. The van der Waals surface area contributed by atoms with E-state index in [1.54, 1.807) is 14.2 Å². The van der Waals surface area contributed by atoms with Crippen molar-refractivity contribution in [3.8, 4) is 22.6 Å². The summed E-state index contributed by atoms with van der Waals surface area (Å²) >= 11 is 0. The van der Waals surface area contributed by atoms with Crippen molar-refractivity contribution in [2.75, 3.05) is 14.2 Å². The molecule has 0 saturated heterocycles. The van der Waals surface area contributed by atoms with Gasteiger partial charge in [0.15, 0.2) is 0 Å². The lowest BCUT2D eigenvalue weighted by Crippen LogP contribution is -2.08. The molecular weight excluding hydrogens is 250 g/mol. The summed E-state index contributed by atoms with van der Waals surface area (Å²) in [6.45, 7) is 2.09. The van der Waals surface area contributed by atoms with Crippen molar-refractivity contribution in [3.05, 3.63) is 48.0 Å². The Bertz CT molecular complexity index is 581. The van der Waals surface area contributed by atoms with Crippen molar-refractivity contribution in [1.82, 2.24) is 0 Å². The van der Waals surface area contributed by atoms with Gasteiger partial charge in [0, 0.05) is 11.6 Å². The molecule has 106 valence electrons. The van der Waals surface area contributed by atoms with Gasteiger partial charge in [-0.15, -0.1) is 0 Å². The van der Waals surface area contributed by atoms with Gasteiger partial charge < -0.3 is 15.2 Å². The van der Waals surface area contributed by atoms with Crippen LogP contribution in [0, 0.1) is 0 Å². The third-order valence-electron chi connectivity index (χ3n) is 3.47. The second kappa shape index (κ2) is 6.44. The highest BCUT2D eigenvalue weighted by molar-refractivity contribution is 5.72. The molecule has 0 fully saturated rings. The molecule has 20 heavy (non-hydrogen) atoms. The lowest BCUT2D eigenvalue weighted by Gasteiger charge is -2.14. The molecule has 3 nitrogen and oxygen atoms in total. The molecule has 2 aromatic carbocycles. The van der Waals surface area contributed by atoms with E-state index in [-0.39, 0.29) is 6.04 Å². The van der Waals surface area contributed by atoms with Crippen LogP contribution < -0.4 is 15.2 Å². The number of rotatable bonds is 5. The molecule has 1 atom stereocenters. The molecule has 0 radical (unpaired) electrons. The molecule has 0 aliphatic carbocycles. The summed E-state index contributed by atoms with van der Waals surface area (Å²) in [6, 6.07) is 14.1. The molecule has 3 heteroatoms. The highest BCUT2D eigenvalue weighted by atomic mass is 16.5. The van der Waals surface area contributed by atoms with Crippen LogP contribution in [0.1, 0.15) is 24.9 Å². The van der Waals surface area contributed by atoms with E-state index in [0.717, 1.165) is 34.6 Å². The van der Waals surface area contributed by atoms with Gasteiger partial charge in [0.05, 0.1) is 14.2 Å². The first-order valence-electron chi connectivity index (χ1n) is 6.77. The standard InChI is InChI=1S/C17H21NO2/c1-4-16(18)13-7-5-6-12(10-13)15-11-14(19-2)8-9-17(15)20-3/h5-11,16H,4,18H2,1-3H3. The van der Waals surface area contributed by atoms with Gasteiger partial charge >= 0.3 is 0 Å². The van der Waals surface area contributed by atoms with Crippen LogP contribution in [0.5, 0.6) is 11.5 Å². The van der Waals surface area contributed by atoms with Crippen LogP contribution in [0.3, 0.4) is 0 Å². The van der Waals surface area contributed by atoms with Gasteiger partial charge in [0.1, 0.15) is 11.5 Å². The Labute approximate surface area is 120 Å². The van der Waals surface area contributed by atoms with E-state index < -0.39 is 0 Å². The monoisotopic (exact) mass is 271 g/mol. The van der Waals surface area contributed by atoms with E-state index in [2.05, 4.69) is 25.1 Å². The Morgan fingerprint density at radius 1 is 1.05 bits per heavy atom. The molecule has 0 bridgehead atoms. The quantitative estimate of drug-likeness (QED) is 0.900. The van der Waals surface area contributed by atoms with E-state index in [1.807, 2.05) is 24.3 Å². The van der Waals surface area contributed by atoms with Crippen LogP contribution in [0.2, 0.25) is 0 Å². The zero-order chi connectivity index (χ0) is 14.5. The van der Waals surface area contributed by atoms with Gasteiger partial charge in [0.2, 0.25) is 0 Å². The summed E-state index contributed by atoms with van der Waals surface area (Å²) in [4.78, 5) is 0. The van der Waals surface area contributed by atoms with Crippen molar-refractivity contribution < 1.29 is 9.47 Å². The number of methoxy groups -OCH3 is 2. The topological polar surface area (TPSA) is 44.5 Å². The Balaban J connectivity index is 2.49. The van der Waals surface area contributed by atoms with Crippen LogP contribution in [-0.2, 0) is 0 Å². The van der Waals surface area contributed by atoms with E-state index in [4.69, 9.17) is 15.2 Å². The fraction of sp³-hybridized carbons (Fsp3) is 0.294. The predicted octanol–water partition coefficient (Wildman–Crippen LogP) is 3.78. The molecule has 0 heterocycles. The Morgan fingerprint density at radius 3 is 2.50 bits per heavy atom. The highest BCUT2D eigenvalue weighted by Gasteiger charge is 2.10. The van der Waals surface area contributed by atoms with Crippen molar-refractivity contribution in [2.45, 2.75) is 19.4 Å². The predicted molar refractivity (Wildman–Crippen MR) is 82.2 cm³/mol. The average molecular weight is 271 g/mol. The Hall–Kier alpha value is -2.00. The second-order valence-corrected chi connectivity index (χ2v) is 4.71. The summed E-state index contributed by atoms with van der Waals surface area (Å²) < 4.78 is 10.7. The van der Waals surface area contributed by atoms with Crippen molar-refractivity contribution >= 4 is 0 Å². The van der Waals surface area contributed by atoms with Gasteiger partial charge in [-0.05, 0) is 41.8 Å². The number of nitrogens with two attached hydrogens (primary N) is 1. The Kier molecular flexibility index (Phi) is 4.64. The number of hydrogen-bond donors (Lipinski definition) is 1. The summed E-state index contributed by atoms with van der Waals surface area (Å²) in [5.41, 5.74) is 9.34. The lowest BCUT2D eigenvalue weighted by molar-refractivity contribution is 0.404. The van der Waals surface area contributed by atoms with Gasteiger partial charge in [-0.25, -0.2) is 0 Å². The smallest absolute Gasteiger partial charge is 0.126 e. The van der Waals surface area contributed by atoms with Gasteiger partial charge in [-0.2, -0.15) is 0 Å². The van der Waals surface area contributed by atoms with E-state index in [1.165, 1.54) is 0 Å². The second-order valence-electron chi connectivity index (χ2n) is 4.71. The SMILES string of the molecule is CCC(N)c1cccc(-c2cc(OC)ccc2OC)c1. The fourth-order valence-electron chi connectivity index (χ4n) is 2.21. The summed E-state index contributed by atoms with van der Waals surface area (Å²) in [6.07, 6.45) is 0.915. The van der Waals surface area contributed by atoms with Crippen LogP contribution in [0.4, 0.5) is 0 Å². The molecule has 0 spiro atoms. The minimum Gasteiger partial charge on any atom is -0.497 e. The molecule has 2 N–H and O–H groups in total. The van der Waals surface area contributed by atoms with Gasteiger partial charge in [-0.3, -0.25) is 0 Å². The molecule has 2 aromatic rings. The Morgan fingerprint density at radius 2 is 1.85 bits per heavy atom. The lowest BCUT2D eigenvalue weighted by atomic mass is 9.98. The molecule has 1 unspecified atom stereocenters. The van der Waals surface area contributed by atoms with Crippen LogP contribution in [0.15, 0.2) is 42.5 Å². The van der Waals surface area contributed by atoms with Crippen molar-refractivity contribution in [3.63, 3.8) is 0 Å². The highest BCUT2D eigenvalue weighted by Crippen LogP contribution is 2.34. The normalized spacial score (nSPS) is 12.0. The van der Waals surface area contributed by atoms with Crippen LogP contribution >= 0.6 is 0 Å². The molecule has 0 aliphatic rings. The van der Waals surface area contributed by atoms with Crippen molar-refractivity contribution in [1.29, 1.82) is 0 Å². The minimum absolute atomic E-state index is 0.0616. The van der Waals surface area contributed by atoms with Crippen LogP contribution in [0.25, 0.3) is 11.1 Å². The first-order valence-corrected chi connectivity index (χ1v) is 6.77. The first-order chi connectivity index (χ1) is 9.69. The molecule has 0 aromatic heterocycles. The van der Waals surface area contributed by atoms with Crippen LogP contribution in [-0.4, -0.2) is 14.2 Å². The third-order valence-corrected chi connectivity index (χ3v) is 3.47. The molecule has 0 amide bonds. The maximum atomic E-state index is 6.11. The zero-order valence-corrected chi connectivity index (χ0v) is 12.2. The number of hydrogen-bond acceptors (Lipinski definition) is 3. The zero-order valence-electron chi connectivity index (χ0n) is 12.2. The molecule has 0 saturated carbocycles. The van der Waals surface area contributed by atoms with E-state index >= 15 is 0 Å². The molecule has 2 rings (SSSR count).